The Kier molecular flexibility index (Phi) is 3.79. The molecule has 0 saturated heterocycles. The van der Waals surface area contributed by atoms with Crippen molar-refractivity contribution in [3.63, 3.8) is 0 Å². The zero-order chi connectivity index (χ0) is 14.7. The third kappa shape index (κ3) is 3.17. The molecule has 0 radical (unpaired) electrons. The molecular formula is C17H14N2OS. The molecule has 3 nitrogen and oxygen atoms in total. The van der Waals surface area contributed by atoms with E-state index in [1.54, 1.807) is 6.20 Å². The van der Waals surface area contributed by atoms with Crippen molar-refractivity contribution in [2.45, 2.75) is 6.92 Å². The molecule has 2 aromatic carbocycles. The van der Waals surface area contributed by atoms with Crippen LogP contribution in [0.5, 0.6) is 0 Å². The van der Waals surface area contributed by atoms with Gasteiger partial charge in [0.2, 0.25) is 0 Å². The number of aromatic nitrogens is 1. The number of thiazole rings is 1. The van der Waals surface area contributed by atoms with Gasteiger partial charge in [-0.05, 0) is 24.6 Å². The van der Waals surface area contributed by atoms with Gasteiger partial charge in [-0.2, -0.15) is 0 Å². The average Bonchev–Trinajstić information content (AvgIpc) is 2.97. The third-order valence-corrected chi connectivity index (χ3v) is 4.06. The van der Waals surface area contributed by atoms with Crippen LogP contribution < -0.4 is 5.32 Å². The van der Waals surface area contributed by atoms with Crippen molar-refractivity contribution in [3.05, 3.63) is 71.9 Å². The first-order valence-electron chi connectivity index (χ1n) is 6.61. The molecule has 0 spiro atoms. The molecule has 1 N–H and O–H groups in total. The van der Waals surface area contributed by atoms with E-state index in [2.05, 4.69) is 10.3 Å². The Bertz CT molecular complexity index is 748. The molecule has 1 heterocycles. The summed E-state index contributed by atoms with van der Waals surface area (Å²) in [5, 5.41) is 3.45. The Labute approximate surface area is 127 Å². The normalized spacial score (nSPS) is 10.3. The van der Waals surface area contributed by atoms with Crippen molar-refractivity contribution in [1.82, 2.24) is 4.98 Å². The van der Waals surface area contributed by atoms with Crippen LogP contribution in [-0.4, -0.2) is 10.9 Å². The minimum Gasteiger partial charge on any atom is -0.298 e. The lowest BCUT2D eigenvalue weighted by Gasteiger charge is -2.01. The Balaban J connectivity index is 1.75. The Hall–Kier alpha value is -2.46. The van der Waals surface area contributed by atoms with Gasteiger partial charge < -0.3 is 0 Å². The van der Waals surface area contributed by atoms with Crippen molar-refractivity contribution in [1.29, 1.82) is 0 Å². The van der Waals surface area contributed by atoms with E-state index >= 15 is 0 Å². The van der Waals surface area contributed by atoms with Crippen molar-refractivity contribution >= 4 is 22.4 Å². The fourth-order valence-electron chi connectivity index (χ4n) is 1.94. The van der Waals surface area contributed by atoms with Gasteiger partial charge in [-0.1, -0.05) is 59.4 Å². The van der Waals surface area contributed by atoms with E-state index in [0.717, 1.165) is 16.0 Å². The Morgan fingerprint density at radius 3 is 2.48 bits per heavy atom. The molecule has 3 rings (SSSR count). The van der Waals surface area contributed by atoms with Gasteiger partial charge in [-0.3, -0.25) is 10.1 Å². The highest BCUT2D eigenvalue weighted by Gasteiger charge is 2.09. The lowest BCUT2D eigenvalue weighted by atomic mass is 10.1. The van der Waals surface area contributed by atoms with Crippen LogP contribution in [0, 0.1) is 6.92 Å². The third-order valence-electron chi connectivity index (χ3n) is 3.10. The second-order valence-electron chi connectivity index (χ2n) is 4.72. The van der Waals surface area contributed by atoms with E-state index in [-0.39, 0.29) is 5.91 Å². The lowest BCUT2D eigenvalue weighted by molar-refractivity contribution is 0.102. The number of benzene rings is 2. The van der Waals surface area contributed by atoms with Gasteiger partial charge in [0, 0.05) is 11.8 Å². The average molecular weight is 294 g/mol. The number of nitrogens with zero attached hydrogens (tertiary/aromatic N) is 1. The summed E-state index contributed by atoms with van der Waals surface area (Å²) in [7, 11) is 0. The first-order valence-corrected chi connectivity index (χ1v) is 7.43. The molecule has 0 atom stereocenters. The molecule has 104 valence electrons. The van der Waals surface area contributed by atoms with E-state index in [9.17, 15) is 4.79 Å². The van der Waals surface area contributed by atoms with Crippen LogP contribution in [0.4, 0.5) is 5.13 Å². The molecule has 0 aliphatic rings. The number of carbonyl (C=O) groups is 1. The fraction of sp³-hybridized carbons (Fsp3) is 0.0588. The predicted molar refractivity (Wildman–Crippen MR) is 86.7 cm³/mol. The summed E-state index contributed by atoms with van der Waals surface area (Å²) in [6.07, 6.45) is 1.78. The molecule has 0 fully saturated rings. The highest BCUT2D eigenvalue weighted by atomic mass is 32.1. The van der Waals surface area contributed by atoms with Crippen LogP contribution in [0.25, 0.3) is 10.4 Å². The molecule has 0 saturated carbocycles. The monoisotopic (exact) mass is 294 g/mol. The van der Waals surface area contributed by atoms with Gasteiger partial charge in [-0.15, -0.1) is 0 Å². The molecule has 4 heteroatoms. The molecule has 0 aliphatic heterocycles. The molecule has 1 amide bonds. The first kappa shape index (κ1) is 13.5. The van der Waals surface area contributed by atoms with Crippen molar-refractivity contribution in [2.75, 3.05) is 5.32 Å². The Morgan fingerprint density at radius 2 is 1.76 bits per heavy atom. The Morgan fingerprint density at radius 1 is 1.05 bits per heavy atom. The summed E-state index contributed by atoms with van der Waals surface area (Å²) in [5.41, 5.74) is 2.87. The summed E-state index contributed by atoms with van der Waals surface area (Å²) < 4.78 is 0. The highest BCUT2D eigenvalue weighted by Crippen LogP contribution is 2.28. The van der Waals surface area contributed by atoms with E-state index in [0.29, 0.717) is 10.7 Å². The summed E-state index contributed by atoms with van der Waals surface area (Å²) in [6, 6.07) is 17.5. The van der Waals surface area contributed by atoms with E-state index in [1.165, 1.54) is 11.3 Å². The number of carbonyl (C=O) groups excluding carboxylic acids is 1. The van der Waals surface area contributed by atoms with Crippen LogP contribution in [-0.2, 0) is 0 Å². The van der Waals surface area contributed by atoms with Gasteiger partial charge in [0.15, 0.2) is 5.13 Å². The topological polar surface area (TPSA) is 42.0 Å². The minimum atomic E-state index is -0.135. The maximum Gasteiger partial charge on any atom is 0.257 e. The van der Waals surface area contributed by atoms with Crippen LogP contribution >= 0.6 is 11.3 Å². The standard InChI is InChI=1S/C17H14N2OS/c1-12-7-9-14(10-8-12)16(20)19-17-18-11-15(21-17)13-5-3-2-4-6-13/h2-11H,1H3,(H,18,19,20). The zero-order valence-electron chi connectivity index (χ0n) is 11.5. The largest absolute Gasteiger partial charge is 0.298 e. The van der Waals surface area contributed by atoms with Crippen LogP contribution in [0.15, 0.2) is 60.8 Å². The summed E-state index contributed by atoms with van der Waals surface area (Å²) in [5.74, 6) is -0.135. The number of amides is 1. The SMILES string of the molecule is Cc1ccc(C(=O)Nc2ncc(-c3ccccc3)s2)cc1. The van der Waals surface area contributed by atoms with Gasteiger partial charge in [0.25, 0.3) is 5.91 Å². The van der Waals surface area contributed by atoms with Crippen LogP contribution in [0.3, 0.4) is 0 Å². The molecule has 0 unspecified atom stereocenters. The smallest absolute Gasteiger partial charge is 0.257 e. The van der Waals surface area contributed by atoms with Gasteiger partial charge in [0.1, 0.15) is 0 Å². The fourth-order valence-corrected chi connectivity index (χ4v) is 2.76. The van der Waals surface area contributed by atoms with Crippen LogP contribution in [0.1, 0.15) is 15.9 Å². The molecule has 21 heavy (non-hydrogen) atoms. The molecule has 0 aliphatic carbocycles. The van der Waals surface area contributed by atoms with Crippen molar-refractivity contribution in [2.24, 2.45) is 0 Å². The van der Waals surface area contributed by atoms with E-state index < -0.39 is 0 Å². The summed E-state index contributed by atoms with van der Waals surface area (Å²) in [4.78, 5) is 17.4. The van der Waals surface area contributed by atoms with Crippen molar-refractivity contribution in [3.8, 4) is 10.4 Å². The quantitative estimate of drug-likeness (QED) is 0.779. The summed E-state index contributed by atoms with van der Waals surface area (Å²) >= 11 is 1.47. The van der Waals surface area contributed by atoms with Gasteiger partial charge >= 0.3 is 0 Å². The number of nitrogens with one attached hydrogen (secondary N) is 1. The first-order chi connectivity index (χ1) is 10.2. The van der Waals surface area contributed by atoms with Gasteiger partial charge in [0.05, 0.1) is 4.88 Å². The molecular weight excluding hydrogens is 280 g/mol. The summed E-state index contributed by atoms with van der Waals surface area (Å²) in [6.45, 7) is 1.99. The van der Waals surface area contributed by atoms with Gasteiger partial charge in [-0.25, -0.2) is 4.98 Å². The number of hydrogen-bond donors (Lipinski definition) is 1. The predicted octanol–water partition coefficient (Wildman–Crippen LogP) is 4.37. The zero-order valence-corrected chi connectivity index (χ0v) is 12.4. The van der Waals surface area contributed by atoms with Crippen molar-refractivity contribution < 1.29 is 4.79 Å². The second kappa shape index (κ2) is 5.89. The minimum absolute atomic E-state index is 0.135. The van der Waals surface area contributed by atoms with Crippen LogP contribution in [0.2, 0.25) is 0 Å². The van der Waals surface area contributed by atoms with E-state index in [4.69, 9.17) is 0 Å². The molecule has 3 aromatic rings. The number of aryl methyl sites for hydroxylation is 1. The lowest BCUT2D eigenvalue weighted by Crippen LogP contribution is -2.11. The second-order valence-corrected chi connectivity index (χ2v) is 5.75. The van der Waals surface area contributed by atoms with E-state index in [1.807, 2.05) is 61.5 Å². The highest BCUT2D eigenvalue weighted by molar-refractivity contribution is 7.19. The number of rotatable bonds is 3. The number of anilines is 1. The molecule has 0 bridgehead atoms. The number of hydrogen-bond acceptors (Lipinski definition) is 3. The maximum absolute atomic E-state index is 12.1. The maximum atomic E-state index is 12.1. The molecule has 1 aromatic heterocycles.